The van der Waals surface area contributed by atoms with Crippen LogP contribution in [0.2, 0.25) is 0 Å². The first kappa shape index (κ1) is 10.6. The lowest BCUT2D eigenvalue weighted by Gasteiger charge is -2.17. The summed E-state index contributed by atoms with van der Waals surface area (Å²) in [6.07, 6.45) is 0.275. The zero-order valence-electron chi connectivity index (χ0n) is 8.28. The molecule has 1 heterocycles. The summed E-state index contributed by atoms with van der Waals surface area (Å²) in [4.78, 5) is 27.0. The highest BCUT2D eigenvalue weighted by Crippen LogP contribution is 2.15. The standard InChI is InChI=1S/C9H13NO4/c1-6(2)13-7(3)14-10-8(11)4-5-9(10)12/h6H,3-5H2,1-2H3. The highest BCUT2D eigenvalue weighted by atomic mass is 16.8. The zero-order valence-corrected chi connectivity index (χ0v) is 8.28. The number of carbonyl (C=O) groups is 2. The van der Waals surface area contributed by atoms with Crippen LogP contribution in [0.15, 0.2) is 12.5 Å². The van der Waals surface area contributed by atoms with E-state index in [1.54, 1.807) is 13.8 Å². The number of rotatable bonds is 4. The molecule has 0 N–H and O–H groups in total. The van der Waals surface area contributed by atoms with Crippen molar-refractivity contribution in [2.75, 3.05) is 0 Å². The van der Waals surface area contributed by atoms with Gasteiger partial charge in [0.25, 0.3) is 17.8 Å². The van der Waals surface area contributed by atoms with Crippen molar-refractivity contribution in [3.8, 4) is 0 Å². The zero-order chi connectivity index (χ0) is 10.7. The normalized spacial score (nSPS) is 16.4. The van der Waals surface area contributed by atoms with Crippen molar-refractivity contribution < 1.29 is 19.2 Å². The van der Waals surface area contributed by atoms with Gasteiger partial charge in [-0.1, -0.05) is 0 Å². The van der Waals surface area contributed by atoms with Gasteiger partial charge < -0.3 is 9.57 Å². The van der Waals surface area contributed by atoms with Crippen LogP contribution < -0.4 is 0 Å². The van der Waals surface area contributed by atoms with Gasteiger partial charge in [-0.05, 0) is 20.4 Å². The average molecular weight is 199 g/mol. The lowest BCUT2D eigenvalue weighted by Crippen LogP contribution is -2.29. The maximum atomic E-state index is 11.1. The summed E-state index contributed by atoms with van der Waals surface area (Å²) in [7, 11) is 0. The van der Waals surface area contributed by atoms with E-state index in [1.807, 2.05) is 0 Å². The van der Waals surface area contributed by atoms with Gasteiger partial charge in [0, 0.05) is 12.8 Å². The van der Waals surface area contributed by atoms with Crippen LogP contribution in [-0.2, 0) is 19.2 Å². The Morgan fingerprint density at radius 2 is 1.86 bits per heavy atom. The monoisotopic (exact) mass is 199 g/mol. The molecule has 0 saturated carbocycles. The highest BCUT2D eigenvalue weighted by molar-refractivity contribution is 6.00. The lowest BCUT2D eigenvalue weighted by molar-refractivity contribution is -0.192. The molecule has 0 unspecified atom stereocenters. The lowest BCUT2D eigenvalue weighted by atomic mass is 10.4. The smallest absolute Gasteiger partial charge is 0.300 e. The maximum Gasteiger partial charge on any atom is 0.300 e. The third kappa shape index (κ3) is 2.48. The van der Waals surface area contributed by atoms with Crippen LogP contribution in [0, 0.1) is 0 Å². The Bertz CT molecular complexity index is 256. The van der Waals surface area contributed by atoms with E-state index in [2.05, 4.69) is 6.58 Å². The third-order valence-corrected chi connectivity index (χ3v) is 1.57. The van der Waals surface area contributed by atoms with Crippen molar-refractivity contribution in [1.82, 2.24) is 5.06 Å². The van der Waals surface area contributed by atoms with Crippen molar-refractivity contribution in [3.05, 3.63) is 12.5 Å². The van der Waals surface area contributed by atoms with E-state index in [0.29, 0.717) is 5.06 Å². The van der Waals surface area contributed by atoms with E-state index in [9.17, 15) is 9.59 Å². The summed E-state index contributed by atoms with van der Waals surface area (Å²) in [5.74, 6) is -0.754. The molecule has 78 valence electrons. The molecule has 14 heavy (non-hydrogen) atoms. The molecule has 1 aliphatic heterocycles. The first-order valence-electron chi connectivity index (χ1n) is 4.40. The van der Waals surface area contributed by atoms with Gasteiger partial charge in [0.1, 0.15) is 0 Å². The van der Waals surface area contributed by atoms with Gasteiger partial charge in [-0.15, -0.1) is 5.06 Å². The number of hydroxylamine groups is 2. The molecular weight excluding hydrogens is 186 g/mol. The van der Waals surface area contributed by atoms with E-state index in [-0.39, 0.29) is 36.7 Å². The second kappa shape index (κ2) is 4.13. The van der Waals surface area contributed by atoms with Gasteiger partial charge >= 0.3 is 0 Å². The van der Waals surface area contributed by atoms with Crippen molar-refractivity contribution in [1.29, 1.82) is 0 Å². The topological polar surface area (TPSA) is 55.8 Å². The molecule has 2 amide bonds. The van der Waals surface area contributed by atoms with Crippen LogP contribution in [0.1, 0.15) is 26.7 Å². The Labute approximate surface area is 82.2 Å². The number of amides is 2. The molecule has 5 heteroatoms. The Kier molecular flexibility index (Phi) is 3.11. The van der Waals surface area contributed by atoms with Crippen LogP contribution >= 0.6 is 0 Å². The quantitative estimate of drug-likeness (QED) is 0.500. The maximum absolute atomic E-state index is 11.1. The van der Waals surface area contributed by atoms with Crippen molar-refractivity contribution in [2.45, 2.75) is 32.8 Å². The fraction of sp³-hybridized carbons (Fsp3) is 0.556. The van der Waals surface area contributed by atoms with Gasteiger partial charge in [-0.25, -0.2) is 0 Å². The molecule has 0 aromatic heterocycles. The number of nitrogens with zero attached hydrogens (tertiary/aromatic N) is 1. The third-order valence-electron chi connectivity index (χ3n) is 1.57. The number of ether oxygens (including phenoxy) is 1. The van der Waals surface area contributed by atoms with Crippen LogP contribution in [-0.4, -0.2) is 23.0 Å². The Hall–Kier alpha value is -1.52. The fourth-order valence-corrected chi connectivity index (χ4v) is 1.04. The van der Waals surface area contributed by atoms with Crippen LogP contribution in [0.5, 0.6) is 0 Å². The Morgan fingerprint density at radius 3 is 2.29 bits per heavy atom. The van der Waals surface area contributed by atoms with Crippen LogP contribution in [0.3, 0.4) is 0 Å². The summed E-state index contributed by atoms with van der Waals surface area (Å²) in [6.45, 7) is 7.02. The first-order chi connectivity index (χ1) is 6.50. The minimum absolute atomic E-state index is 0.0383. The number of hydrogen-bond acceptors (Lipinski definition) is 4. The summed E-state index contributed by atoms with van der Waals surface area (Å²) in [6, 6.07) is 0. The summed E-state index contributed by atoms with van der Waals surface area (Å²) >= 11 is 0. The second-order valence-corrected chi connectivity index (χ2v) is 3.21. The van der Waals surface area contributed by atoms with Gasteiger partial charge in [0.05, 0.1) is 6.10 Å². The van der Waals surface area contributed by atoms with Crippen LogP contribution in [0.4, 0.5) is 0 Å². The molecule has 5 nitrogen and oxygen atoms in total. The van der Waals surface area contributed by atoms with Gasteiger partial charge in [-0.3, -0.25) is 9.59 Å². The first-order valence-corrected chi connectivity index (χ1v) is 4.40. The molecule has 1 aliphatic rings. The predicted octanol–water partition coefficient (Wildman–Crippen LogP) is 0.963. The molecule has 0 atom stereocenters. The minimum atomic E-state index is -0.358. The highest BCUT2D eigenvalue weighted by Gasteiger charge is 2.32. The van der Waals surface area contributed by atoms with E-state index in [1.165, 1.54) is 0 Å². The van der Waals surface area contributed by atoms with E-state index < -0.39 is 0 Å². The Morgan fingerprint density at radius 1 is 1.36 bits per heavy atom. The number of hydrogen-bond donors (Lipinski definition) is 0. The fourth-order valence-electron chi connectivity index (χ4n) is 1.04. The molecule has 0 bridgehead atoms. The molecule has 0 aromatic rings. The molecular formula is C9H13NO4. The average Bonchev–Trinajstić information content (AvgIpc) is 2.34. The predicted molar refractivity (Wildman–Crippen MR) is 47.5 cm³/mol. The van der Waals surface area contributed by atoms with Crippen molar-refractivity contribution in [3.63, 3.8) is 0 Å². The molecule has 0 aliphatic carbocycles. The van der Waals surface area contributed by atoms with Gasteiger partial charge in [0.15, 0.2) is 0 Å². The second-order valence-electron chi connectivity index (χ2n) is 3.21. The van der Waals surface area contributed by atoms with Crippen LogP contribution in [0.25, 0.3) is 0 Å². The van der Waals surface area contributed by atoms with Gasteiger partial charge in [-0.2, -0.15) is 0 Å². The molecule has 1 fully saturated rings. The summed E-state index contributed by atoms with van der Waals surface area (Å²) < 4.78 is 5.05. The van der Waals surface area contributed by atoms with Gasteiger partial charge in [0.2, 0.25) is 0 Å². The summed E-state index contributed by atoms with van der Waals surface area (Å²) in [5, 5.41) is 0.699. The Balaban J connectivity index is 2.47. The largest absolute Gasteiger partial charge is 0.462 e. The van der Waals surface area contributed by atoms with E-state index >= 15 is 0 Å². The molecule has 0 radical (unpaired) electrons. The minimum Gasteiger partial charge on any atom is -0.462 e. The number of carbonyl (C=O) groups excluding carboxylic acids is 2. The molecule has 0 aromatic carbocycles. The van der Waals surface area contributed by atoms with Crippen molar-refractivity contribution >= 4 is 11.8 Å². The molecule has 1 rings (SSSR count). The van der Waals surface area contributed by atoms with E-state index in [4.69, 9.17) is 9.57 Å². The molecule has 0 spiro atoms. The number of imide groups is 1. The molecule has 1 saturated heterocycles. The van der Waals surface area contributed by atoms with E-state index in [0.717, 1.165) is 0 Å². The van der Waals surface area contributed by atoms with Crippen molar-refractivity contribution in [2.24, 2.45) is 0 Å². The SMILES string of the molecule is C=C(OC(C)C)ON1C(=O)CCC1=O. The summed E-state index contributed by atoms with van der Waals surface area (Å²) in [5.41, 5.74) is 0.